The minimum absolute atomic E-state index is 0.0643. The molecule has 0 spiro atoms. The molecule has 0 unspecified atom stereocenters. The molecule has 1 aliphatic rings. The second kappa shape index (κ2) is 6.97. The maximum Gasteiger partial charge on any atom is 0.309 e. The Kier molecular flexibility index (Phi) is 4.94. The van der Waals surface area contributed by atoms with E-state index < -0.39 is 0 Å². The molecule has 5 nitrogen and oxygen atoms in total. The lowest BCUT2D eigenvalue weighted by Gasteiger charge is -2.31. The van der Waals surface area contributed by atoms with Gasteiger partial charge in [0.1, 0.15) is 5.69 Å². The summed E-state index contributed by atoms with van der Waals surface area (Å²) in [4.78, 5) is 26.7. The van der Waals surface area contributed by atoms with Crippen molar-refractivity contribution in [1.82, 2.24) is 9.47 Å². The molecule has 0 atom stereocenters. The van der Waals surface area contributed by atoms with Crippen molar-refractivity contribution in [3.8, 4) is 0 Å². The van der Waals surface area contributed by atoms with Gasteiger partial charge in [0.25, 0.3) is 5.91 Å². The van der Waals surface area contributed by atoms with Crippen LogP contribution >= 0.6 is 11.3 Å². The quantitative estimate of drug-likeness (QED) is 0.792. The van der Waals surface area contributed by atoms with Crippen molar-refractivity contribution in [1.29, 1.82) is 0 Å². The van der Waals surface area contributed by atoms with Gasteiger partial charge >= 0.3 is 5.97 Å². The van der Waals surface area contributed by atoms with E-state index in [0.717, 1.165) is 15.9 Å². The Hall–Kier alpha value is -1.82. The van der Waals surface area contributed by atoms with E-state index >= 15 is 0 Å². The van der Waals surface area contributed by atoms with Crippen LogP contribution in [0, 0.1) is 5.92 Å². The van der Waals surface area contributed by atoms with Crippen LogP contribution in [0.3, 0.4) is 0 Å². The van der Waals surface area contributed by atoms with Gasteiger partial charge in [0.2, 0.25) is 0 Å². The Morgan fingerprint density at radius 3 is 2.67 bits per heavy atom. The van der Waals surface area contributed by atoms with Gasteiger partial charge in [-0.1, -0.05) is 0 Å². The van der Waals surface area contributed by atoms with Gasteiger partial charge < -0.3 is 14.2 Å². The third-order valence-electron chi connectivity index (χ3n) is 4.60. The lowest BCUT2D eigenvalue weighted by Crippen LogP contribution is -2.41. The molecule has 3 rings (SSSR count). The van der Waals surface area contributed by atoms with E-state index in [1.165, 1.54) is 0 Å². The number of hydrogen-bond acceptors (Lipinski definition) is 4. The first kappa shape index (κ1) is 17.0. The van der Waals surface area contributed by atoms with Crippen molar-refractivity contribution < 1.29 is 14.3 Å². The van der Waals surface area contributed by atoms with E-state index in [1.807, 2.05) is 17.9 Å². The first-order valence-corrected chi connectivity index (χ1v) is 9.45. The zero-order valence-corrected chi connectivity index (χ0v) is 15.3. The van der Waals surface area contributed by atoms with Crippen LogP contribution in [0.25, 0.3) is 10.2 Å². The molecule has 1 aliphatic heterocycles. The van der Waals surface area contributed by atoms with Gasteiger partial charge in [-0.3, -0.25) is 9.59 Å². The predicted octanol–water partition coefficient (Wildman–Crippen LogP) is 3.70. The average Bonchev–Trinajstić information content (AvgIpc) is 3.14. The maximum absolute atomic E-state index is 13.0. The first-order valence-electron chi connectivity index (χ1n) is 8.57. The molecule has 0 radical (unpaired) electrons. The van der Waals surface area contributed by atoms with E-state index in [9.17, 15) is 9.59 Å². The summed E-state index contributed by atoms with van der Waals surface area (Å²) in [5, 5.41) is 2.06. The van der Waals surface area contributed by atoms with E-state index in [0.29, 0.717) is 32.5 Å². The second-order valence-electron chi connectivity index (χ2n) is 6.48. The third-order valence-corrected chi connectivity index (χ3v) is 5.45. The van der Waals surface area contributed by atoms with Crippen molar-refractivity contribution in [3.05, 3.63) is 23.2 Å². The zero-order chi connectivity index (χ0) is 17.3. The van der Waals surface area contributed by atoms with E-state index in [-0.39, 0.29) is 23.8 Å². The van der Waals surface area contributed by atoms with Gasteiger partial charge in [0, 0.05) is 19.1 Å². The number of hydrogen-bond donors (Lipinski definition) is 0. The van der Waals surface area contributed by atoms with Crippen LogP contribution in [0.5, 0.6) is 0 Å². The summed E-state index contributed by atoms with van der Waals surface area (Å²) >= 11 is 1.66. The number of amides is 1. The van der Waals surface area contributed by atoms with Crippen LogP contribution in [0.1, 0.15) is 50.1 Å². The number of esters is 1. The van der Waals surface area contributed by atoms with Crippen LogP contribution in [-0.4, -0.2) is 41.0 Å². The van der Waals surface area contributed by atoms with Crippen molar-refractivity contribution in [2.75, 3.05) is 19.7 Å². The van der Waals surface area contributed by atoms with Crippen molar-refractivity contribution in [3.63, 3.8) is 0 Å². The van der Waals surface area contributed by atoms with Crippen LogP contribution in [0.15, 0.2) is 17.5 Å². The number of nitrogens with zero attached hydrogens (tertiary/aromatic N) is 2. The number of carbonyl (C=O) groups excluding carboxylic acids is 2. The van der Waals surface area contributed by atoms with Gasteiger partial charge in [0.15, 0.2) is 0 Å². The highest BCUT2D eigenvalue weighted by molar-refractivity contribution is 7.17. The number of ether oxygens (including phenoxy) is 1. The molecule has 0 saturated carbocycles. The predicted molar refractivity (Wildman–Crippen MR) is 95.5 cm³/mol. The fourth-order valence-corrected chi connectivity index (χ4v) is 4.22. The molecule has 0 N–H and O–H groups in total. The molecule has 0 bridgehead atoms. The monoisotopic (exact) mass is 348 g/mol. The first-order chi connectivity index (χ1) is 11.5. The fraction of sp³-hybridized carbons (Fsp3) is 0.556. The molecule has 2 aromatic heterocycles. The Labute approximate surface area is 146 Å². The highest BCUT2D eigenvalue weighted by Crippen LogP contribution is 2.30. The molecule has 24 heavy (non-hydrogen) atoms. The summed E-state index contributed by atoms with van der Waals surface area (Å²) in [7, 11) is 0. The number of rotatable bonds is 4. The van der Waals surface area contributed by atoms with Crippen LogP contribution in [0.2, 0.25) is 0 Å². The lowest BCUT2D eigenvalue weighted by molar-refractivity contribution is -0.149. The van der Waals surface area contributed by atoms with Crippen molar-refractivity contribution >= 4 is 33.4 Å². The molecule has 1 saturated heterocycles. The molecular formula is C18H24N2O3S. The van der Waals surface area contributed by atoms with Gasteiger partial charge in [0.05, 0.1) is 22.7 Å². The Balaban J connectivity index is 1.75. The Bertz CT molecular complexity index is 739. The van der Waals surface area contributed by atoms with Crippen LogP contribution < -0.4 is 0 Å². The summed E-state index contributed by atoms with van der Waals surface area (Å²) in [6.45, 7) is 7.65. The molecule has 0 aromatic carbocycles. The number of aromatic nitrogens is 1. The van der Waals surface area contributed by atoms with Gasteiger partial charge in [-0.25, -0.2) is 0 Å². The van der Waals surface area contributed by atoms with Crippen LogP contribution in [0.4, 0.5) is 0 Å². The average molecular weight is 348 g/mol. The molecule has 2 aromatic rings. The molecule has 1 fully saturated rings. The minimum atomic E-state index is -0.129. The lowest BCUT2D eigenvalue weighted by atomic mass is 9.97. The highest BCUT2D eigenvalue weighted by atomic mass is 32.1. The smallest absolute Gasteiger partial charge is 0.309 e. The molecular weight excluding hydrogens is 324 g/mol. The fourth-order valence-electron chi connectivity index (χ4n) is 3.41. The molecule has 6 heteroatoms. The summed E-state index contributed by atoms with van der Waals surface area (Å²) in [6, 6.07) is 4.30. The van der Waals surface area contributed by atoms with Crippen molar-refractivity contribution in [2.24, 2.45) is 5.92 Å². The normalized spacial score (nSPS) is 16.1. The van der Waals surface area contributed by atoms with Gasteiger partial charge in [-0.2, -0.15) is 0 Å². The Morgan fingerprint density at radius 2 is 2.04 bits per heavy atom. The largest absolute Gasteiger partial charge is 0.466 e. The van der Waals surface area contributed by atoms with E-state index in [2.05, 4.69) is 29.9 Å². The zero-order valence-electron chi connectivity index (χ0n) is 14.4. The van der Waals surface area contributed by atoms with Gasteiger partial charge in [-0.05, 0) is 51.1 Å². The SMILES string of the molecule is CCOC(=O)C1CCN(C(=O)c2cc3sccc3n2C(C)C)CC1. The summed E-state index contributed by atoms with van der Waals surface area (Å²) in [6.07, 6.45) is 1.36. The van der Waals surface area contributed by atoms with Gasteiger partial charge in [-0.15, -0.1) is 11.3 Å². The topological polar surface area (TPSA) is 51.5 Å². The third kappa shape index (κ3) is 3.07. The molecule has 130 valence electrons. The summed E-state index contributed by atoms with van der Waals surface area (Å²) < 4.78 is 8.36. The number of carbonyl (C=O) groups is 2. The Morgan fingerprint density at radius 1 is 1.33 bits per heavy atom. The molecule has 3 heterocycles. The van der Waals surface area contributed by atoms with Crippen molar-refractivity contribution in [2.45, 2.75) is 39.7 Å². The number of piperidine rings is 1. The van der Waals surface area contributed by atoms with Crippen LogP contribution in [-0.2, 0) is 9.53 Å². The molecule has 0 aliphatic carbocycles. The molecule has 1 amide bonds. The van der Waals surface area contributed by atoms with E-state index in [1.54, 1.807) is 11.3 Å². The highest BCUT2D eigenvalue weighted by Gasteiger charge is 2.30. The second-order valence-corrected chi connectivity index (χ2v) is 7.43. The summed E-state index contributed by atoms with van der Waals surface area (Å²) in [5.74, 6) is -0.139. The van der Waals surface area contributed by atoms with E-state index in [4.69, 9.17) is 4.74 Å². The maximum atomic E-state index is 13.0. The minimum Gasteiger partial charge on any atom is -0.466 e. The number of thiophene rings is 1. The standard InChI is InChI=1S/C18H24N2O3S/c1-4-23-18(22)13-5-8-19(9-6-13)17(21)15-11-16-14(7-10-24-16)20(15)12(2)3/h7,10-13H,4-6,8-9H2,1-3H3. The number of fused-ring (bicyclic) bond motifs is 1. The summed E-state index contributed by atoms with van der Waals surface area (Å²) in [5.41, 5.74) is 1.88. The number of likely N-dealkylation sites (tertiary alicyclic amines) is 1.